The molecule has 0 heterocycles. The van der Waals surface area contributed by atoms with Crippen molar-refractivity contribution in [1.82, 2.24) is 5.32 Å². The average Bonchev–Trinajstić information content (AvgIpc) is 2.75. The summed E-state index contributed by atoms with van der Waals surface area (Å²) in [5, 5.41) is 19.8. The zero-order valence-electron chi connectivity index (χ0n) is 20.3. The minimum absolute atomic E-state index is 0.0204. The number of unbranched alkanes of at least 4 members (excludes halogenated alkanes) is 15. The van der Waals surface area contributed by atoms with E-state index in [0.717, 1.165) is 38.5 Å². The van der Waals surface area contributed by atoms with Gasteiger partial charge >= 0.3 is 11.9 Å². The van der Waals surface area contributed by atoms with Gasteiger partial charge in [-0.15, -0.1) is 0 Å². The summed E-state index contributed by atoms with van der Waals surface area (Å²) >= 11 is 0. The number of amides is 2. The van der Waals surface area contributed by atoms with Gasteiger partial charge in [-0.3, -0.25) is 19.2 Å². The van der Waals surface area contributed by atoms with E-state index in [1.54, 1.807) is 0 Å². The van der Waals surface area contributed by atoms with Crippen LogP contribution in [0.4, 0.5) is 0 Å². The molecule has 8 heteroatoms. The second-order valence-corrected chi connectivity index (χ2v) is 9.01. The van der Waals surface area contributed by atoms with Gasteiger partial charge in [0.1, 0.15) is 6.04 Å². The number of rotatable bonds is 24. The second-order valence-electron chi connectivity index (χ2n) is 9.01. The summed E-state index contributed by atoms with van der Waals surface area (Å²) < 4.78 is 0. The first-order chi connectivity index (χ1) is 15.8. The number of hydrogen-bond acceptors (Lipinski definition) is 4. The fraction of sp³-hybridized carbons (Fsp3) is 0.840. The molecule has 1 unspecified atom stereocenters. The summed E-state index contributed by atoms with van der Waals surface area (Å²) in [6.07, 6.45) is 18.8. The Morgan fingerprint density at radius 3 is 1.21 bits per heavy atom. The zero-order valence-corrected chi connectivity index (χ0v) is 20.3. The first kappa shape index (κ1) is 30.9. The van der Waals surface area contributed by atoms with Crippen LogP contribution in [0.1, 0.15) is 128 Å². The van der Waals surface area contributed by atoms with Crippen LogP contribution in [0, 0.1) is 0 Å². The maximum absolute atomic E-state index is 11.9. The van der Waals surface area contributed by atoms with Gasteiger partial charge in [0, 0.05) is 19.3 Å². The van der Waals surface area contributed by atoms with Gasteiger partial charge in [0.25, 0.3) is 0 Å². The third kappa shape index (κ3) is 22.9. The van der Waals surface area contributed by atoms with Gasteiger partial charge in [-0.05, 0) is 19.3 Å². The van der Waals surface area contributed by atoms with Crippen molar-refractivity contribution in [3.8, 4) is 0 Å². The van der Waals surface area contributed by atoms with Gasteiger partial charge in [-0.25, -0.2) is 0 Å². The molecule has 0 saturated carbocycles. The van der Waals surface area contributed by atoms with Crippen LogP contribution in [0.3, 0.4) is 0 Å². The highest BCUT2D eigenvalue weighted by molar-refractivity contribution is 5.86. The van der Waals surface area contributed by atoms with E-state index in [1.165, 1.54) is 64.2 Å². The van der Waals surface area contributed by atoms with Crippen molar-refractivity contribution < 1.29 is 29.4 Å². The topological polar surface area (TPSA) is 147 Å². The average molecular weight is 471 g/mol. The summed E-state index contributed by atoms with van der Waals surface area (Å²) in [6.45, 7) is 0. The molecule has 1 atom stereocenters. The SMILES string of the molecule is NC(=O)C(CCC(=O)O)NC(=O)CCCCCCCCCCCCCCCCCCC(=O)O. The monoisotopic (exact) mass is 470 g/mol. The summed E-state index contributed by atoms with van der Waals surface area (Å²) in [4.78, 5) is 44.2. The molecular weight excluding hydrogens is 424 g/mol. The Morgan fingerprint density at radius 1 is 0.545 bits per heavy atom. The minimum Gasteiger partial charge on any atom is -0.481 e. The molecule has 0 aliphatic heterocycles. The predicted octanol–water partition coefficient (Wildman–Crippen LogP) is 4.93. The Balaban J connectivity index is 3.39. The number of carboxylic acid groups (broad SMARTS) is 2. The van der Waals surface area contributed by atoms with Gasteiger partial charge in [0.05, 0.1) is 0 Å². The molecule has 0 rings (SSSR count). The maximum atomic E-state index is 11.9. The number of hydrogen-bond donors (Lipinski definition) is 4. The van der Waals surface area contributed by atoms with Crippen LogP contribution < -0.4 is 11.1 Å². The number of primary amides is 1. The fourth-order valence-corrected chi connectivity index (χ4v) is 3.86. The highest BCUT2D eigenvalue weighted by Crippen LogP contribution is 2.14. The molecule has 0 aromatic heterocycles. The molecule has 0 aliphatic carbocycles. The van der Waals surface area contributed by atoms with Gasteiger partial charge in [-0.1, -0.05) is 89.9 Å². The Hall–Kier alpha value is -2.12. The standard InChI is InChI=1S/C25H46N2O6/c26-25(33)21(19-20-24(31)32)27-22(28)17-15-13-11-9-7-5-3-1-2-4-6-8-10-12-14-16-18-23(29)30/h21H,1-20H2,(H2,26,33)(H,27,28)(H,29,30)(H,31,32). The number of aliphatic carboxylic acids is 2. The third-order valence-electron chi connectivity index (χ3n) is 5.87. The molecule has 2 amide bonds. The van der Waals surface area contributed by atoms with Crippen molar-refractivity contribution in [2.75, 3.05) is 0 Å². The van der Waals surface area contributed by atoms with Crippen LogP contribution in [-0.2, 0) is 19.2 Å². The molecule has 0 spiro atoms. The molecular formula is C25H46N2O6. The molecule has 0 bridgehead atoms. The van der Waals surface area contributed by atoms with Crippen molar-refractivity contribution in [3.05, 3.63) is 0 Å². The number of nitrogens with two attached hydrogens (primary N) is 1. The number of carboxylic acids is 2. The number of carbonyl (C=O) groups excluding carboxylic acids is 2. The molecule has 33 heavy (non-hydrogen) atoms. The van der Waals surface area contributed by atoms with Crippen molar-refractivity contribution >= 4 is 23.8 Å². The molecule has 5 N–H and O–H groups in total. The van der Waals surface area contributed by atoms with Gasteiger partial charge < -0.3 is 21.3 Å². The van der Waals surface area contributed by atoms with Crippen LogP contribution in [0.5, 0.6) is 0 Å². The van der Waals surface area contributed by atoms with Crippen molar-refractivity contribution in [2.24, 2.45) is 5.73 Å². The van der Waals surface area contributed by atoms with Crippen molar-refractivity contribution in [1.29, 1.82) is 0 Å². The van der Waals surface area contributed by atoms with Crippen LogP contribution in [-0.4, -0.2) is 40.0 Å². The lowest BCUT2D eigenvalue weighted by Gasteiger charge is -2.14. The van der Waals surface area contributed by atoms with E-state index < -0.39 is 23.9 Å². The van der Waals surface area contributed by atoms with Crippen molar-refractivity contribution in [3.63, 3.8) is 0 Å². The van der Waals surface area contributed by atoms with Crippen LogP contribution >= 0.6 is 0 Å². The van der Waals surface area contributed by atoms with Crippen molar-refractivity contribution in [2.45, 2.75) is 134 Å². The molecule has 8 nitrogen and oxygen atoms in total. The van der Waals surface area contributed by atoms with E-state index in [1.807, 2.05) is 0 Å². The first-order valence-electron chi connectivity index (χ1n) is 12.8. The normalized spacial score (nSPS) is 11.8. The Labute approximate surface area is 199 Å². The van der Waals surface area contributed by atoms with E-state index in [-0.39, 0.29) is 18.7 Å². The minimum atomic E-state index is -1.02. The lowest BCUT2D eigenvalue weighted by Crippen LogP contribution is -2.44. The Kier molecular flexibility index (Phi) is 20.3. The Morgan fingerprint density at radius 2 is 0.879 bits per heavy atom. The quantitative estimate of drug-likeness (QED) is 0.147. The number of nitrogens with one attached hydrogen (secondary N) is 1. The van der Waals surface area contributed by atoms with E-state index in [0.29, 0.717) is 12.8 Å². The lowest BCUT2D eigenvalue weighted by atomic mass is 10.0. The second kappa shape index (κ2) is 21.7. The maximum Gasteiger partial charge on any atom is 0.303 e. The molecule has 0 aromatic carbocycles. The number of carbonyl (C=O) groups is 4. The molecule has 0 fully saturated rings. The van der Waals surface area contributed by atoms with E-state index in [2.05, 4.69) is 5.32 Å². The smallest absolute Gasteiger partial charge is 0.303 e. The van der Waals surface area contributed by atoms with Crippen LogP contribution in [0.2, 0.25) is 0 Å². The largest absolute Gasteiger partial charge is 0.481 e. The van der Waals surface area contributed by atoms with Gasteiger partial charge in [0.2, 0.25) is 11.8 Å². The highest BCUT2D eigenvalue weighted by atomic mass is 16.4. The van der Waals surface area contributed by atoms with Crippen LogP contribution in [0.25, 0.3) is 0 Å². The molecule has 0 radical (unpaired) electrons. The predicted molar refractivity (Wildman–Crippen MR) is 129 cm³/mol. The van der Waals surface area contributed by atoms with Gasteiger partial charge in [-0.2, -0.15) is 0 Å². The van der Waals surface area contributed by atoms with E-state index in [4.69, 9.17) is 15.9 Å². The van der Waals surface area contributed by atoms with E-state index in [9.17, 15) is 19.2 Å². The summed E-state index contributed by atoms with van der Waals surface area (Å²) in [7, 11) is 0. The molecule has 0 aromatic rings. The van der Waals surface area contributed by atoms with Crippen LogP contribution in [0.15, 0.2) is 0 Å². The lowest BCUT2D eigenvalue weighted by molar-refractivity contribution is -0.138. The fourth-order valence-electron chi connectivity index (χ4n) is 3.86. The molecule has 0 aliphatic rings. The summed E-state index contributed by atoms with van der Waals surface area (Å²) in [5.41, 5.74) is 5.21. The first-order valence-corrected chi connectivity index (χ1v) is 12.8. The summed E-state index contributed by atoms with van der Waals surface area (Å²) in [6, 6.07) is -0.913. The van der Waals surface area contributed by atoms with Gasteiger partial charge in [0.15, 0.2) is 0 Å². The summed E-state index contributed by atoms with van der Waals surface area (Å²) in [5.74, 6) is -2.66. The Bertz CT molecular complexity index is 553. The molecule has 0 saturated heterocycles. The third-order valence-corrected chi connectivity index (χ3v) is 5.87. The zero-order chi connectivity index (χ0) is 24.7. The van der Waals surface area contributed by atoms with E-state index >= 15 is 0 Å². The molecule has 192 valence electrons. The highest BCUT2D eigenvalue weighted by Gasteiger charge is 2.18.